The van der Waals surface area contributed by atoms with Crippen LogP contribution in [0.15, 0.2) is 29.3 Å². The lowest BCUT2D eigenvalue weighted by Gasteiger charge is -2.25. The van der Waals surface area contributed by atoms with Crippen molar-refractivity contribution in [2.45, 2.75) is 52.0 Å². The van der Waals surface area contributed by atoms with Crippen molar-refractivity contribution in [2.24, 2.45) is 0 Å². The lowest BCUT2D eigenvalue weighted by atomic mass is 9.98. The van der Waals surface area contributed by atoms with Gasteiger partial charge in [0.1, 0.15) is 5.82 Å². The van der Waals surface area contributed by atoms with Gasteiger partial charge in [-0.2, -0.15) is 0 Å². The fourth-order valence-corrected chi connectivity index (χ4v) is 2.70. The first-order chi connectivity index (χ1) is 12.7. The van der Waals surface area contributed by atoms with E-state index in [1.807, 2.05) is 0 Å². The number of H-pyrrole nitrogens is 1. The summed E-state index contributed by atoms with van der Waals surface area (Å²) in [6.45, 7) is 5.28. The Bertz CT molecular complexity index is 875. The highest BCUT2D eigenvalue weighted by Crippen LogP contribution is 2.14. The molecule has 144 valence electrons. The highest BCUT2D eigenvalue weighted by Gasteiger charge is 2.22. The monoisotopic (exact) mass is 372 g/mol. The largest absolute Gasteiger partial charge is 0.481 e. The number of nitrogens with one attached hydrogen (secondary N) is 2. The number of aryl methyl sites for hydroxylation is 1. The number of pyridine rings is 1. The van der Waals surface area contributed by atoms with Gasteiger partial charge in [0.15, 0.2) is 0 Å². The summed E-state index contributed by atoms with van der Waals surface area (Å²) >= 11 is 0. The molecule has 0 aliphatic rings. The summed E-state index contributed by atoms with van der Waals surface area (Å²) in [5, 5.41) is 11.6. The molecule has 2 aromatic rings. The maximum absolute atomic E-state index is 12.4. The van der Waals surface area contributed by atoms with Crippen molar-refractivity contribution in [3.63, 3.8) is 0 Å². The van der Waals surface area contributed by atoms with E-state index in [1.165, 1.54) is 0 Å². The van der Waals surface area contributed by atoms with Crippen LogP contribution < -0.4 is 10.9 Å². The Morgan fingerprint density at radius 1 is 1.30 bits per heavy atom. The van der Waals surface area contributed by atoms with Crippen LogP contribution in [0, 0.1) is 6.92 Å². The molecule has 2 rings (SSSR count). The predicted octanol–water partition coefficient (Wildman–Crippen LogP) is 1.83. The fourth-order valence-electron chi connectivity index (χ4n) is 2.70. The summed E-state index contributed by atoms with van der Waals surface area (Å²) in [7, 11) is 0. The molecule has 8 heteroatoms. The number of aromatic nitrogens is 3. The van der Waals surface area contributed by atoms with Gasteiger partial charge in [0.25, 0.3) is 5.56 Å². The van der Waals surface area contributed by atoms with Gasteiger partial charge in [0, 0.05) is 47.6 Å². The lowest BCUT2D eigenvalue weighted by molar-refractivity contribution is -0.137. The molecule has 0 saturated carbocycles. The van der Waals surface area contributed by atoms with Crippen molar-refractivity contribution in [1.82, 2.24) is 20.3 Å². The Kier molecular flexibility index (Phi) is 6.44. The van der Waals surface area contributed by atoms with Crippen molar-refractivity contribution in [2.75, 3.05) is 0 Å². The van der Waals surface area contributed by atoms with Gasteiger partial charge in [0.05, 0.1) is 0 Å². The van der Waals surface area contributed by atoms with Gasteiger partial charge in [0.2, 0.25) is 5.91 Å². The van der Waals surface area contributed by atoms with Crippen LogP contribution in [0.5, 0.6) is 0 Å². The van der Waals surface area contributed by atoms with Crippen molar-refractivity contribution in [3.8, 4) is 11.4 Å². The smallest absolute Gasteiger partial charge is 0.303 e. The summed E-state index contributed by atoms with van der Waals surface area (Å²) < 4.78 is 0. The number of nitrogens with zero attached hydrogens (tertiary/aromatic N) is 2. The van der Waals surface area contributed by atoms with Gasteiger partial charge in [-0.1, -0.05) is 0 Å². The van der Waals surface area contributed by atoms with E-state index in [-0.39, 0.29) is 30.7 Å². The molecule has 1 amide bonds. The molecule has 0 aliphatic heterocycles. The second-order valence-corrected chi connectivity index (χ2v) is 7.05. The molecule has 0 atom stereocenters. The molecule has 0 unspecified atom stereocenters. The molecule has 0 bridgehead atoms. The molecule has 3 N–H and O–H groups in total. The van der Waals surface area contributed by atoms with E-state index in [2.05, 4.69) is 20.3 Å². The summed E-state index contributed by atoms with van der Waals surface area (Å²) in [6, 6.07) is 3.56. The third kappa shape index (κ3) is 6.02. The molecule has 0 aromatic carbocycles. The van der Waals surface area contributed by atoms with Crippen molar-refractivity contribution in [3.05, 3.63) is 46.1 Å². The zero-order chi connectivity index (χ0) is 20.0. The Labute approximate surface area is 157 Å². The number of aliphatic carboxylic acids is 1. The molecule has 0 saturated heterocycles. The number of hydrogen-bond donors (Lipinski definition) is 3. The molecular formula is C19H24N4O4. The number of carboxylic acid groups (broad SMARTS) is 1. The fraction of sp³-hybridized carbons (Fsp3) is 0.421. The highest BCUT2D eigenvalue weighted by molar-refractivity contribution is 5.77. The number of rotatable bonds is 8. The lowest BCUT2D eigenvalue weighted by Crippen LogP contribution is -2.43. The first-order valence-corrected chi connectivity index (χ1v) is 8.71. The molecule has 27 heavy (non-hydrogen) atoms. The van der Waals surface area contributed by atoms with Crippen LogP contribution in [0.1, 0.15) is 44.4 Å². The van der Waals surface area contributed by atoms with Crippen molar-refractivity contribution in [1.29, 1.82) is 0 Å². The van der Waals surface area contributed by atoms with Crippen LogP contribution in [0.3, 0.4) is 0 Å². The molecule has 2 aromatic heterocycles. The zero-order valence-electron chi connectivity index (χ0n) is 15.7. The minimum absolute atomic E-state index is 0.0220. The quantitative estimate of drug-likeness (QED) is 0.649. The number of amides is 1. The summed E-state index contributed by atoms with van der Waals surface area (Å²) in [5.74, 6) is -0.701. The Balaban J connectivity index is 2.02. The van der Waals surface area contributed by atoms with Gasteiger partial charge in [-0.25, -0.2) is 4.98 Å². The van der Waals surface area contributed by atoms with Crippen LogP contribution in [-0.2, 0) is 16.0 Å². The number of hydrogen-bond acceptors (Lipinski definition) is 5. The van der Waals surface area contributed by atoms with Gasteiger partial charge in [-0.05, 0) is 45.7 Å². The third-order valence-corrected chi connectivity index (χ3v) is 4.20. The molecule has 8 nitrogen and oxygen atoms in total. The minimum atomic E-state index is -0.903. The minimum Gasteiger partial charge on any atom is -0.481 e. The molecular weight excluding hydrogens is 348 g/mol. The van der Waals surface area contributed by atoms with E-state index in [9.17, 15) is 14.4 Å². The highest BCUT2D eigenvalue weighted by atomic mass is 16.4. The predicted molar refractivity (Wildman–Crippen MR) is 100 cm³/mol. The maximum Gasteiger partial charge on any atom is 0.303 e. The molecule has 0 spiro atoms. The molecule has 0 radical (unpaired) electrons. The Morgan fingerprint density at radius 2 is 2.04 bits per heavy atom. The van der Waals surface area contributed by atoms with E-state index < -0.39 is 11.5 Å². The van der Waals surface area contributed by atoms with Crippen LogP contribution in [0.2, 0.25) is 0 Å². The van der Waals surface area contributed by atoms with Crippen LogP contribution in [-0.4, -0.2) is 37.5 Å². The van der Waals surface area contributed by atoms with Gasteiger partial charge >= 0.3 is 5.97 Å². The molecule has 0 aliphatic carbocycles. The SMILES string of the molecule is Cc1nc(-c2cccnc2)[nH]c(=O)c1CCC(=O)NC(C)(C)CCC(=O)O. The summed E-state index contributed by atoms with van der Waals surface area (Å²) in [4.78, 5) is 46.4. The summed E-state index contributed by atoms with van der Waals surface area (Å²) in [5.41, 5.74) is 0.831. The van der Waals surface area contributed by atoms with E-state index >= 15 is 0 Å². The number of carboxylic acids is 1. The standard InChI is InChI=1S/C19H24N4O4/c1-12-14(6-7-15(24)23-19(2,3)9-8-16(25)26)18(27)22-17(21-12)13-5-4-10-20-11-13/h4-5,10-11H,6-9H2,1-3H3,(H,23,24)(H,25,26)(H,21,22,27). The zero-order valence-corrected chi connectivity index (χ0v) is 15.7. The Morgan fingerprint density at radius 3 is 2.63 bits per heavy atom. The second-order valence-electron chi connectivity index (χ2n) is 7.05. The first-order valence-electron chi connectivity index (χ1n) is 8.71. The number of carbonyl (C=O) groups excluding carboxylic acids is 1. The normalized spacial score (nSPS) is 11.2. The first kappa shape index (κ1) is 20.3. The van der Waals surface area contributed by atoms with E-state index in [0.29, 0.717) is 29.1 Å². The number of aromatic amines is 1. The van der Waals surface area contributed by atoms with Crippen molar-refractivity contribution >= 4 is 11.9 Å². The molecule has 2 heterocycles. The van der Waals surface area contributed by atoms with Gasteiger partial charge < -0.3 is 15.4 Å². The molecule has 0 fully saturated rings. The van der Waals surface area contributed by atoms with Gasteiger partial charge in [-0.15, -0.1) is 0 Å². The van der Waals surface area contributed by atoms with E-state index in [1.54, 1.807) is 45.3 Å². The van der Waals surface area contributed by atoms with Crippen LogP contribution in [0.25, 0.3) is 11.4 Å². The average Bonchev–Trinajstić information content (AvgIpc) is 2.59. The maximum atomic E-state index is 12.4. The second kappa shape index (κ2) is 8.57. The Hall–Kier alpha value is -3.03. The third-order valence-electron chi connectivity index (χ3n) is 4.20. The van der Waals surface area contributed by atoms with Gasteiger partial charge in [-0.3, -0.25) is 19.4 Å². The van der Waals surface area contributed by atoms with E-state index in [0.717, 1.165) is 0 Å². The number of carbonyl (C=O) groups is 2. The van der Waals surface area contributed by atoms with Crippen LogP contribution in [0.4, 0.5) is 0 Å². The van der Waals surface area contributed by atoms with Crippen LogP contribution >= 0.6 is 0 Å². The summed E-state index contributed by atoms with van der Waals surface area (Å²) in [6.07, 6.45) is 3.93. The average molecular weight is 372 g/mol. The topological polar surface area (TPSA) is 125 Å². The van der Waals surface area contributed by atoms with Crippen molar-refractivity contribution < 1.29 is 14.7 Å². The van der Waals surface area contributed by atoms with E-state index in [4.69, 9.17) is 5.11 Å².